The minimum Gasteiger partial charge on any atom is -0.497 e. The molecule has 1 N–H and O–H groups in total. The quantitative estimate of drug-likeness (QED) is 0.297. The number of hydrogen-bond donors (Lipinski definition) is 1. The lowest BCUT2D eigenvalue weighted by Crippen LogP contribution is -2.46. The highest BCUT2D eigenvalue weighted by Gasteiger charge is 2.41. The lowest BCUT2D eigenvalue weighted by Gasteiger charge is -2.40. The summed E-state index contributed by atoms with van der Waals surface area (Å²) in [6.07, 6.45) is 1.77. The molecule has 38 heavy (non-hydrogen) atoms. The number of fused-ring (bicyclic) bond motifs is 4. The number of para-hydroxylation sites is 2. The Hall–Kier alpha value is -4.76. The van der Waals surface area contributed by atoms with E-state index in [9.17, 15) is 0 Å². The smallest absolute Gasteiger partial charge is 0.179 e. The van der Waals surface area contributed by atoms with E-state index in [2.05, 4.69) is 38.8 Å². The molecule has 0 spiro atoms. The number of aromatic nitrogens is 3. The highest BCUT2D eigenvalue weighted by atomic mass is 32.1. The highest BCUT2D eigenvalue weighted by Crippen LogP contribution is 2.49. The number of nitrogens with one attached hydrogen (secondary N) is 1. The van der Waals surface area contributed by atoms with Crippen LogP contribution < -0.4 is 15.0 Å². The second-order valence-electron chi connectivity index (χ2n) is 8.95. The second kappa shape index (κ2) is 8.97. The molecule has 0 fully saturated rings. The third kappa shape index (κ3) is 3.59. The van der Waals surface area contributed by atoms with E-state index in [1.807, 2.05) is 72.3 Å². The minimum absolute atomic E-state index is 0.131. The van der Waals surface area contributed by atoms with Crippen LogP contribution in [0.25, 0.3) is 5.82 Å². The van der Waals surface area contributed by atoms with Gasteiger partial charge in [-0.3, -0.25) is 0 Å². The van der Waals surface area contributed by atoms with Gasteiger partial charge < -0.3 is 15.0 Å². The monoisotopic (exact) mass is 517 g/mol. The van der Waals surface area contributed by atoms with Gasteiger partial charge in [0.25, 0.3) is 0 Å². The fourth-order valence-electron chi connectivity index (χ4n) is 4.99. The van der Waals surface area contributed by atoms with E-state index in [1.165, 1.54) is 4.88 Å². The first kappa shape index (κ1) is 22.4. The molecule has 0 bridgehead atoms. The molecule has 0 radical (unpaired) electrons. The minimum atomic E-state index is -0.131. The first-order valence-electron chi connectivity index (χ1n) is 12.2. The van der Waals surface area contributed by atoms with Gasteiger partial charge in [-0.25, -0.2) is 15.0 Å². The zero-order chi connectivity index (χ0) is 25.6. The maximum Gasteiger partial charge on any atom is 0.179 e. The van der Waals surface area contributed by atoms with Gasteiger partial charge in [-0.1, -0.05) is 30.3 Å². The fraction of sp³-hybridized carbons (Fsp3) is 0.103. The number of benzene rings is 2. The molecule has 186 valence electrons. The summed E-state index contributed by atoms with van der Waals surface area (Å²) in [5.41, 5.74) is 4.69. The molecule has 2 aliphatic heterocycles. The van der Waals surface area contributed by atoms with Crippen LogP contribution in [0.5, 0.6) is 5.75 Å². The topological polar surface area (TPSA) is 79.9 Å². The maximum absolute atomic E-state index is 5.45. The van der Waals surface area contributed by atoms with Crippen LogP contribution in [0.4, 0.5) is 22.9 Å². The summed E-state index contributed by atoms with van der Waals surface area (Å²) in [5, 5.41) is 10.5. The molecular formula is C29H23N7OS. The van der Waals surface area contributed by atoms with Gasteiger partial charge in [0.1, 0.15) is 11.8 Å². The molecule has 7 rings (SSSR count). The Morgan fingerprint density at radius 2 is 1.84 bits per heavy atom. The number of ether oxygens (including phenoxy) is 1. The van der Waals surface area contributed by atoms with Gasteiger partial charge in [0.2, 0.25) is 0 Å². The fourth-order valence-corrected chi connectivity index (χ4v) is 5.81. The number of hydrogen-bond acceptors (Lipinski definition) is 8. The molecule has 2 aliphatic rings. The lowest BCUT2D eigenvalue weighted by atomic mass is 9.98. The third-order valence-corrected chi connectivity index (χ3v) is 7.57. The predicted octanol–water partition coefficient (Wildman–Crippen LogP) is 6.44. The Morgan fingerprint density at radius 1 is 0.947 bits per heavy atom. The van der Waals surface area contributed by atoms with Gasteiger partial charge in [-0.05, 0) is 54.8 Å². The molecule has 5 heterocycles. The predicted molar refractivity (Wildman–Crippen MR) is 152 cm³/mol. The summed E-state index contributed by atoms with van der Waals surface area (Å²) in [6.45, 7) is 2.04. The standard InChI is InChI=1S/C29H23N7OS/c1-18-25-26(23-13-8-16-38-23)35-22-12-4-3-11-21(22)32-27(31-19-9-7-10-20(17-19)37-2)29(35)33-28(25)36(34-18)24-14-5-6-15-30-24/h3-17,26H,1-2H3,(H,31,32)/t26-/m1/s1. The van der Waals surface area contributed by atoms with Crippen molar-refractivity contribution in [2.75, 3.05) is 17.3 Å². The van der Waals surface area contributed by atoms with Crippen LogP contribution in [0.3, 0.4) is 0 Å². The second-order valence-corrected chi connectivity index (χ2v) is 9.93. The largest absolute Gasteiger partial charge is 0.497 e. The Bertz CT molecular complexity index is 1710. The van der Waals surface area contributed by atoms with Gasteiger partial charge in [0.05, 0.1) is 24.2 Å². The van der Waals surface area contributed by atoms with Crippen LogP contribution in [0.1, 0.15) is 22.2 Å². The molecule has 0 amide bonds. The normalized spacial score (nSPS) is 15.6. The molecule has 5 aromatic rings. The zero-order valence-corrected chi connectivity index (χ0v) is 21.6. The van der Waals surface area contributed by atoms with Gasteiger partial charge in [0, 0.05) is 28.4 Å². The number of amidine groups is 2. The summed E-state index contributed by atoms with van der Waals surface area (Å²) in [6, 6.07) is 25.9. The number of thiophene rings is 1. The van der Waals surface area contributed by atoms with Crippen molar-refractivity contribution in [1.82, 2.24) is 14.8 Å². The molecule has 8 nitrogen and oxygen atoms in total. The maximum atomic E-state index is 5.45. The number of aryl methyl sites for hydroxylation is 1. The van der Waals surface area contributed by atoms with Gasteiger partial charge in [-0.15, -0.1) is 11.3 Å². The van der Waals surface area contributed by atoms with Crippen LogP contribution in [0.2, 0.25) is 0 Å². The SMILES string of the molecule is COc1cccc(NC2=Nc3ccccc3N3C2=Nc2c(c(C)nn2-c2ccccn2)[C@H]3c2cccs2)c1. The summed E-state index contributed by atoms with van der Waals surface area (Å²) in [5.74, 6) is 3.60. The van der Waals surface area contributed by atoms with Crippen LogP contribution >= 0.6 is 11.3 Å². The van der Waals surface area contributed by atoms with Crippen LogP contribution in [0, 0.1) is 6.92 Å². The van der Waals surface area contributed by atoms with Crippen molar-refractivity contribution in [3.63, 3.8) is 0 Å². The van der Waals surface area contributed by atoms with E-state index in [4.69, 9.17) is 19.8 Å². The lowest BCUT2D eigenvalue weighted by molar-refractivity contribution is 0.415. The number of pyridine rings is 1. The van der Waals surface area contributed by atoms with Crippen molar-refractivity contribution in [2.45, 2.75) is 13.0 Å². The summed E-state index contributed by atoms with van der Waals surface area (Å²) in [7, 11) is 1.66. The average molecular weight is 518 g/mol. The number of methoxy groups -OCH3 is 1. The first-order valence-corrected chi connectivity index (χ1v) is 13.1. The van der Waals surface area contributed by atoms with Crippen molar-refractivity contribution in [3.05, 3.63) is 107 Å². The van der Waals surface area contributed by atoms with Crippen molar-refractivity contribution >= 4 is 45.9 Å². The van der Waals surface area contributed by atoms with Gasteiger partial charge in [0.15, 0.2) is 23.3 Å². The Kier molecular flexibility index (Phi) is 5.29. The van der Waals surface area contributed by atoms with Crippen molar-refractivity contribution < 1.29 is 4.74 Å². The van der Waals surface area contributed by atoms with E-state index in [0.717, 1.165) is 51.5 Å². The molecule has 0 unspecified atom stereocenters. The van der Waals surface area contributed by atoms with E-state index < -0.39 is 0 Å². The third-order valence-electron chi connectivity index (χ3n) is 6.65. The number of aliphatic imine (C=N–C) groups is 2. The van der Waals surface area contributed by atoms with Crippen LogP contribution in [-0.4, -0.2) is 33.5 Å². The van der Waals surface area contributed by atoms with E-state index in [0.29, 0.717) is 5.84 Å². The molecule has 3 aromatic heterocycles. The Labute approximate surface area is 223 Å². The van der Waals surface area contributed by atoms with Crippen molar-refractivity contribution in [2.24, 2.45) is 9.98 Å². The molecule has 0 saturated carbocycles. The Balaban J connectivity index is 1.48. The molecule has 1 atom stereocenters. The number of anilines is 2. The van der Waals surface area contributed by atoms with E-state index >= 15 is 0 Å². The first-order chi connectivity index (χ1) is 18.7. The van der Waals surface area contributed by atoms with Gasteiger partial charge in [-0.2, -0.15) is 9.78 Å². The summed E-state index contributed by atoms with van der Waals surface area (Å²) >= 11 is 1.72. The summed E-state index contributed by atoms with van der Waals surface area (Å²) < 4.78 is 7.28. The van der Waals surface area contributed by atoms with E-state index in [1.54, 1.807) is 24.6 Å². The van der Waals surface area contributed by atoms with Gasteiger partial charge >= 0.3 is 0 Å². The Morgan fingerprint density at radius 3 is 2.66 bits per heavy atom. The number of nitrogens with zero attached hydrogens (tertiary/aromatic N) is 6. The van der Waals surface area contributed by atoms with Crippen molar-refractivity contribution in [3.8, 4) is 11.6 Å². The van der Waals surface area contributed by atoms with Crippen LogP contribution in [-0.2, 0) is 0 Å². The summed E-state index contributed by atoms with van der Waals surface area (Å²) in [4.78, 5) is 18.3. The van der Waals surface area contributed by atoms with Crippen LogP contribution in [0.15, 0.2) is 100 Å². The van der Waals surface area contributed by atoms with E-state index in [-0.39, 0.29) is 6.04 Å². The zero-order valence-electron chi connectivity index (χ0n) is 20.7. The molecule has 2 aromatic carbocycles. The molecule has 0 saturated heterocycles. The van der Waals surface area contributed by atoms with Crippen molar-refractivity contribution in [1.29, 1.82) is 0 Å². The molecular weight excluding hydrogens is 494 g/mol. The number of rotatable bonds is 4. The average Bonchev–Trinajstić information content (AvgIpc) is 3.61. The molecule has 9 heteroatoms. The highest BCUT2D eigenvalue weighted by molar-refractivity contribution is 7.10. The molecule has 0 aliphatic carbocycles.